The van der Waals surface area contributed by atoms with Crippen LogP contribution in [-0.4, -0.2) is 29.6 Å². The Morgan fingerprint density at radius 2 is 1.29 bits per heavy atom. The van der Waals surface area contributed by atoms with Crippen LogP contribution in [0.25, 0.3) is 0 Å². The van der Waals surface area contributed by atoms with Gasteiger partial charge in [0, 0.05) is 26.0 Å². The van der Waals surface area contributed by atoms with Gasteiger partial charge in [-0.25, -0.2) is 0 Å². The van der Waals surface area contributed by atoms with E-state index >= 15 is 0 Å². The van der Waals surface area contributed by atoms with Gasteiger partial charge in [-0.3, -0.25) is 0 Å². The first-order valence-corrected chi connectivity index (χ1v) is 9.45. The van der Waals surface area contributed by atoms with Gasteiger partial charge in [-0.2, -0.15) is 0 Å². The van der Waals surface area contributed by atoms with E-state index in [-0.39, 0.29) is 0 Å². The zero-order valence-corrected chi connectivity index (χ0v) is 14.8. The summed E-state index contributed by atoms with van der Waals surface area (Å²) in [5.41, 5.74) is 0. The Morgan fingerprint density at radius 1 is 0.714 bits per heavy atom. The van der Waals surface area contributed by atoms with Crippen LogP contribution in [0.1, 0.15) is 90.9 Å². The molecule has 0 N–H and O–H groups in total. The molecule has 0 bridgehead atoms. The van der Waals surface area contributed by atoms with Gasteiger partial charge in [0.2, 0.25) is 0 Å². The van der Waals surface area contributed by atoms with Crippen LogP contribution in [0.5, 0.6) is 0 Å². The number of nitrogens with zero attached hydrogens (tertiary/aromatic N) is 2. The minimum Gasteiger partial charge on any atom is -0.359 e. The van der Waals surface area contributed by atoms with Crippen LogP contribution >= 0.6 is 0 Å². The van der Waals surface area contributed by atoms with Crippen LogP contribution in [-0.2, 0) is 0 Å². The second-order valence-corrected chi connectivity index (χ2v) is 6.65. The van der Waals surface area contributed by atoms with E-state index in [0.717, 1.165) is 0 Å². The minimum absolute atomic E-state index is 0.624. The van der Waals surface area contributed by atoms with E-state index in [4.69, 9.17) is 0 Å². The van der Waals surface area contributed by atoms with Gasteiger partial charge >= 0.3 is 0 Å². The standard InChI is InChI=1S/C19H38N2/c1-4-6-7-8-9-10-11-12-13-14-15-19-20(3)17-18-21(19)16-5-2/h17-19H,4-16H2,1-3H3. The Bertz CT molecular complexity index is 262. The van der Waals surface area contributed by atoms with Crippen molar-refractivity contribution in [3.05, 3.63) is 12.4 Å². The molecule has 21 heavy (non-hydrogen) atoms. The molecule has 1 atom stereocenters. The molecule has 2 heteroatoms. The molecule has 0 amide bonds. The molecular weight excluding hydrogens is 256 g/mol. The van der Waals surface area contributed by atoms with E-state index in [0.29, 0.717) is 6.17 Å². The molecule has 124 valence electrons. The van der Waals surface area contributed by atoms with Gasteiger partial charge in [0.25, 0.3) is 0 Å². The van der Waals surface area contributed by atoms with E-state index in [2.05, 4.69) is 43.1 Å². The highest BCUT2D eigenvalue weighted by Crippen LogP contribution is 2.20. The molecule has 0 aromatic rings. The van der Waals surface area contributed by atoms with Crippen LogP contribution in [0, 0.1) is 0 Å². The summed E-state index contributed by atoms with van der Waals surface area (Å²) in [6.45, 7) is 5.76. The molecule has 0 aromatic heterocycles. The van der Waals surface area contributed by atoms with Gasteiger partial charge in [-0.1, -0.05) is 71.6 Å². The van der Waals surface area contributed by atoms with Crippen LogP contribution in [0.2, 0.25) is 0 Å². The second-order valence-electron chi connectivity index (χ2n) is 6.65. The van der Waals surface area contributed by atoms with Gasteiger partial charge in [-0.15, -0.1) is 0 Å². The lowest BCUT2D eigenvalue weighted by Gasteiger charge is -2.30. The molecule has 1 unspecified atom stereocenters. The predicted octanol–water partition coefficient (Wildman–Crippen LogP) is 5.75. The van der Waals surface area contributed by atoms with Crippen molar-refractivity contribution >= 4 is 0 Å². The van der Waals surface area contributed by atoms with E-state index in [1.54, 1.807) is 0 Å². The van der Waals surface area contributed by atoms with E-state index in [9.17, 15) is 0 Å². The summed E-state index contributed by atoms with van der Waals surface area (Å²) in [4.78, 5) is 4.89. The highest BCUT2D eigenvalue weighted by molar-refractivity contribution is 4.95. The van der Waals surface area contributed by atoms with Gasteiger partial charge in [0.05, 0.1) is 0 Å². The molecule has 0 aromatic carbocycles. The Balaban J connectivity index is 1.94. The zero-order valence-electron chi connectivity index (χ0n) is 14.8. The topological polar surface area (TPSA) is 6.48 Å². The van der Waals surface area contributed by atoms with Crippen molar-refractivity contribution < 1.29 is 0 Å². The zero-order chi connectivity index (χ0) is 15.3. The van der Waals surface area contributed by atoms with Crippen molar-refractivity contribution in [2.75, 3.05) is 13.6 Å². The van der Waals surface area contributed by atoms with Crippen LogP contribution < -0.4 is 0 Å². The number of hydrogen-bond donors (Lipinski definition) is 0. The fraction of sp³-hybridized carbons (Fsp3) is 0.895. The van der Waals surface area contributed by atoms with Crippen molar-refractivity contribution in [1.29, 1.82) is 0 Å². The van der Waals surface area contributed by atoms with Crippen molar-refractivity contribution in [2.45, 2.75) is 97.1 Å². The maximum Gasteiger partial charge on any atom is 0.100 e. The Labute approximate surface area is 133 Å². The SMILES string of the molecule is CCCCCCCCCCCCC1N(C)C=CN1CCC. The highest BCUT2D eigenvalue weighted by Gasteiger charge is 2.21. The fourth-order valence-electron chi connectivity index (χ4n) is 3.29. The van der Waals surface area contributed by atoms with Crippen molar-refractivity contribution in [3.8, 4) is 0 Å². The lowest BCUT2D eigenvalue weighted by atomic mass is 10.1. The lowest BCUT2D eigenvalue weighted by Crippen LogP contribution is -2.36. The second kappa shape index (κ2) is 11.9. The summed E-state index contributed by atoms with van der Waals surface area (Å²) in [5, 5.41) is 0. The van der Waals surface area contributed by atoms with Gasteiger partial charge < -0.3 is 9.80 Å². The van der Waals surface area contributed by atoms with Gasteiger partial charge in [-0.05, 0) is 19.3 Å². The average Bonchev–Trinajstić information content (AvgIpc) is 2.82. The monoisotopic (exact) mass is 294 g/mol. The first-order chi connectivity index (χ1) is 10.3. The molecule has 1 aliphatic heterocycles. The Morgan fingerprint density at radius 3 is 1.86 bits per heavy atom. The molecule has 1 aliphatic rings. The number of rotatable bonds is 13. The first kappa shape index (κ1) is 18.4. The molecule has 1 rings (SSSR count). The Hall–Kier alpha value is -0.660. The molecule has 0 aliphatic carbocycles. The molecular formula is C19H38N2. The summed E-state index contributed by atoms with van der Waals surface area (Å²) < 4.78 is 0. The largest absolute Gasteiger partial charge is 0.359 e. The van der Waals surface area contributed by atoms with Gasteiger partial charge in [0.15, 0.2) is 0 Å². The third-order valence-electron chi connectivity index (χ3n) is 4.64. The third kappa shape index (κ3) is 7.78. The fourth-order valence-corrected chi connectivity index (χ4v) is 3.29. The number of hydrogen-bond acceptors (Lipinski definition) is 2. The van der Waals surface area contributed by atoms with Crippen molar-refractivity contribution in [2.24, 2.45) is 0 Å². The predicted molar refractivity (Wildman–Crippen MR) is 94.1 cm³/mol. The van der Waals surface area contributed by atoms with E-state index < -0.39 is 0 Å². The van der Waals surface area contributed by atoms with E-state index in [1.807, 2.05) is 0 Å². The maximum absolute atomic E-state index is 2.51. The smallest absolute Gasteiger partial charge is 0.100 e. The highest BCUT2D eigenvalue weighted by atomic mass is 15.4. The summed E-state index contributed by atoms with van der Waals surface area (Å²) >= 11 is 0. The first-order valence-electron chi connectivity index (χ1n) is 9.45. The molecule has 2 nitrogen and oxygen atoms in total. The average molecular weight is 295 g/mol. The van der Waals surface area contributed by atoms with Crippen molar-refractivity contribution in [1.82, 2.24) is 9.80 Å². The summed E-state index contributed by atoms with van der Waals surface area (Å²) in [5.74, 6) is 0. The van der Waals surface area contributed by atoms with Crippen LogP contribution in [0.4, 0.5) is 0 Å². The molecule has 0 spiro atoms. The summed E-state index contributed by atoms with van der Waals surface area (Å²) in [7, 11) is 2.22. The molecule has 0 saturated carbocycles. The summed E-state index contributed by atoms with van der Waals surface area (Å²) in [6.07, 6.45) is 22.0. The van der Waals surface area contributed by atoms with Gasteiger partial charge in [0.1, 0.15) is 6.17 Å². The lowest BCUT2D eigenvalue weighted by molar-refractivity contribution is 0.161. The molecule has 1 heterocycles. The normalized spacial score (nSPS) is 18.0. The molecule has 0 saturated heterocycles. The maximum atomic E-state index is 2.51. The summed E-state index contributed by atoms with van der Waals surface area (Å²) in [6, 6.07) is 0. The quantitative estimate of drug-likeness (QED) is 0.399. The third-order valence-corrected chi connectivity index (χ3v) is 4.64. The molecule has 0 radical (unpaired) electrons. The Kier molecular flexibility index (Phi) is 10.5. The number of unbranched alkanes of at least 4 members (excludes halogenated alkanes) is 9. The van der Waals surface area contributed by atoms with Crippen LogP contribution in [0.3, 0.4) is 0 Å². The van der Waals surface area contributed by atoms with Crippen molar-refractivity contribution in [3.63, 3.8) is 0 Å². The van der Waals surface area contributed by atoms with E-state index in [1.165, 1.54) is 83.6 Å². The molecule has 0 fully saturated rings. The minimum atomic E-state index is 0.624. The van der Waals surface area contributed by atoms with Crippen LogP contribution in [0.15, 0.2) is 12.4 Å².